The third kappa shape index (κ3) is 5.92. The van der Waals surface area contributed by atoms with Gasteiger partial charge in [-0.15, -0.1) is 0 Å². The van der Waals surface area contributed by atoms with Gasteiger partial charge in [0.1, 0.15) is 12.4 Å². The molecule has 2 aromatic carbocycles. The summed E-state index contributed by atoms with van der Waals surface area (Å²) >= 11 is 0. The molecule has 0 fully saturated rings. The van der Waals surface area contributed by atoms with E-state index in [1.54, 1.807) is 18.2 Å². The summed E-state index contributed by atoms with van der Waals surface area (Å²) in [6.07, 6.45) is 5.10. The summed E-state index contributed by atoms with van der Waals surface area (Å²) in [5.41, 5.74) is 2.16. The molecule has 2 aromatic rings. The van der Waals surface area contributed by atoms with Crippen LogP contribution in [-0.4, -0.2) is 18.3 Å². The summed E-state index contributed by atoms with van der Waals surface area (Å²) in [5.74, 6) is 0.351. The number of ketones is 1. The van der Waals surface area contributed by atoms with Crippen LogP contribution in [0.2, 0.25) is 0 Å². The molecule has 0 aliphatic carbocycles. The molecule has 0 radical (unpaired) electrons. The van der Waals surface area contributed by atoms with Crippen LogP contribution in [0.5, 0.6) is 5.75 Å². The van der Waals surface area contributed by atoms with E-state index in [1.807, 2.05) is 49.4 Å². The van der Waals surface area contributed by atoms with Crippen molar-refractivity contribution in [1.29, 1.82) is 0 Å². The lowest BCUT2D eigenvalue weighted by Gasteiger charge is -2.11. The number of nitrogens with one attached hydrogen (secondary N) is 1. The number of Topliss-reactive ketones (excluding diaryl/α,β-unsaturated/α-hetero) is 1. The van der Waals surface area contributed by atoms with Crippen molar-refractivity contribution in [3.8, 4) is 5.75 Å². The number of hydrogen-bond acceptors (Lipinski definition) is 3. The molecule has 4 nitrogen and oxygen atoms in total. The summed E-state index contributed by atoms with van der Waals surface area (Å²) < 4.78 is 5.71. The highest BCUT2D eigenvalue weighted by atomic mass is 16.5. The number of amides is 1. The quantitative estimate of drug-likeness (QED) is 0.709. The standard InChI is InChI=1S/C21H23NO3/c1-3-8-21(24)22-18-12-13-20(19(15-18)16(2)23)25-14-7-11-17-9-5-4-6-10-17/h4-7,9-13,15H,3,8,14H2,1-2H3,(H,22,24). The van der Waals surface area contributed by atoms with E-state index in [1.165, 1.54) is 6.92 Å². The second kappa shape index (κ2) is 9.42. The summed E-state index contributed by atoms with van der Waals surface area (Å²) in [6, 6.07) is 15.0. The Balaban J connectivity index is 2.03. The molecule has 0 bridgehead atoms. The first-order valence-corrected chi connectivity index (χ1v) is 8.39. The molecular weight excluding hydrogens is 314 g/mol. The van der Waals surface area contributed by atoms with Crippen LogP contribution in [0.15, 0.2) is 54.6 Å². The summed E-state index contributed by atoms with van der Waals surface area (Å²) in [7, 11) is 0. The molecule has 0 spiro atoms. The Morgan fingerprint density at radius 1 is 1.12 bits per heavy atom. The fourth-order valence-corrected chi connectivity index (χ4v) is 2.35. The smallest absolute Gasteiger partial charge is 0.224 e. The molecule has 2 rings (SSSR count). The van der Waals surface area contributed by atoms with Crippen molar-refractivity contribution in [2.24, 2.45) is 0 Å². The van der Waals surface area contributed by atoms with E-state index >= 15 is 0 Å². The molecule has 0 saturated carbocycles. The van der Waals surface area contributed by atoms with Crippen LogP contribution in [0.4, 0.5) is 5.69 Å². The van der Waals surface area contributed by atoms with Crippen molar-refractivity contribution in [3.63, 3.8) is 0 Å². The molecule has 130 valence electrons. The monoisotopic (exact) mass is 337 g/mol. The predicted octanol–water partition coefficient (Wildman–Crippen LogP) is 4.72. The normalized spacial score (nSPS) is 10.6. The second-order valence-electron chi connectivity index (χ2n) is 5.69. The molecule has 0 aliphatic rings. The molecule has 0 heterocycles. The Labute approximate surface area is 148 Å². The molecular formula is C21H23NO3. The average molecular weight is 337 g/mol. The minimum atomic E-state index is -0.103. The Morgan fingerprint density at radius 2 is 1.88 bits per heavy atom. The highest BCUT2D eigenvalue weighted by Gasteiger charge is 2.11. The summed E-state index contributed by atoms with van der Waals surface area (Å²) in [4.78, 5) is 23.6. The van der Waals surface area contributed by atoms with Crippen molar-refractivity contribution in [1.82, 2.24) is 0 Å². The SMILES string of the molecule is CCCC(=O)Nc1ccc(OCC=Cc2ccccc2)c(C(C)=O)c1. The van der Waals surface area contributed by atoms with Gasteiger partial charge in [-0.25, -0.2) is 0 Å². The fraction of sp³-hybridized carbons (Fsp3) is 0.238. The predicted molar refractivity (Wildman–Crippen MR) is 101 cm³/mol. The van der Waals surface area contributed by atoms with Crippen LogP contribution < -0.4 is 10.1 Å². The fourth-order valence-electron chi connectivity index (χ4n) is 2.35. The van der Waals surface area contributed by atoms with Crippen LogP contribution in [0.25, 0.3) is 6.08 Å². The van der Waals surface area contributed by atoms with E-state index in [4.69, 9.17) is 4.74 Å². The van der Waals surface area contributed by atoms with Crippen LogP contribution >= 0.6 is 0 Å². The largest absolute Gasteiger partial charge is 0.489 e. The van der Waals surface area contributed by atoms with Crippen LogP contribution in [0.1, 0.15) is 42.6 Å². The highest BCUT2D eigenvalue weighted by Crippen LogP contribution is 2.24. The maximum Gasteiger partial charge on any atom is 0.224 e. The maximum atomic E-state index is 11.9. The van der Waals surface area contributed by atoms with Crippen molar-refractivity contribution in [2.75, 3.05) is 11.9 Å². The summed E-state index contributed by atoms with van der Waals surface area (Å²) in [5, 5.41) is 2.79. The van der Waals surface area contributed by atoms with E-state index in [2.05, 4.69) is 5.32 Å². The van der Waals surface area contributed by atoms with Gasteiger partial charge in [0, 0.05) is 12.1 Å². The van der Waals surface area contributed by atoms with Gasteiger partial charge in [-0.1, -0.05) is 43.3 Å². The number of rotatable bonds is 8. The first kappa shape index (κ1) is 18.5. The Morgan fingerprint density at radius 3 is 2.56 bits per heavy atom. The average Bonchev–Trinajstić information content (AvgIpc) is 2.60. The zero-order valence-corrected chi connectivity index (χ0v) is 14.6. The minimum Gasteiger partial charge on any atom is -0.489 e. The third-order valence-electron chi connectivity index (χ3n) is 3.56. The van der Waals surface area contributed by atoms with Gasteiger partial charge >= 0.3 is 0 Å². The number of hydrogen-bond donors (Lipinski definition) is 1. The number of carbonyl (C=O) groups is 2. The van der Waals surface area contributed by atoms with E-state index in [0.717, 1.165) is 12.0 Å². The van der Waals surface area contributed by atoms with Gasteiger partial charge in [-0.2, -0.15) is 0 Å². The topological polar surface area (TPSA) is 55.4 Å². The zero-order chi connectivity index (χ0) is 18.1. The molecule has 0 atom stereocenters. The molecule has 0 saturated heterocycles. The van der Waals surface area contributed by atoms with Gasteiger partial charge in [0.15, 0.2) is 5.78 Å². The zero-order valence-electron chi connectivity index (χ0n) is 14.6. The van der Waals surface area contributed by atoms with Gasteiger partial charge in [0.2, 0.25) is 5.91 Å². The molecule has 4 heteroatoms. The molecule has 0 unspecified atom stereocenters. The first-order valence-electron chi connectivity index (χ1n) is 8.39. The molecule has 1 amide bonds. The number of anilines is 1. The van der Waals surface area contributed by atoms with Crippen molar-refractivity contribution in [2.45, 2.75) is 26.7 Å². The maximum absolute atomic E-state index is 11.9. The van der Waals surface area contributed by atoms with Gasteiger partial charge in [0.25, 0.3) is 0 Å². The van der Waals surface area contributed by atoms with Crippen LogP contribution in [0.3, 0.4) is 0 Å². The van der Waals surface area contributed by atoms with Gasteiger partial charge < -0.3 is 10.1 Å². The molecule has 0 aromatic heterocycles. The van der Waals surface area contributed by atoms with Crippen molar-refractivity contribution in [3.05, 3.63) is 65.7 Å². The Bertz CT molecular complexity index is 751. The minimum absolute atomic E-state index is 0.0588. The van der Waals surface area contributed by atoms with Crippen LogP contribution in [-0.2, 0) is 4.79 Å². The first-order chi connectivity index (χ1) is 12.1. The molecule has 0 aliphatic heterocycles. The lowest BCUT2D eigenvalue weighted by Crippen LogP contribution is -2.11. The van der Waals surface area contributed by atoms with Gasteiger partial charge in [-0.3, -0.25) is 9.59 Å². The lowest BCUT2D eigenvalue weighted by molar-refractivity contribution is -0.116. The third-order valence-corrected chi connectivity index (χ3v) is 3.56. The Hall–Kier alpha value is -2.88. The van der Waals surface area contributed by atoms with Crippen LogP contribution in [0, 0.1) is 0 Å². The number of benzene rings is 2. The van der Waals surface area contributed by atoms with Gasteiger partial charge in [-0.05, 0) is 43.2 Å². The van der Waals surface area contributed by atoms with E-state index in [-0.39, 0.29) is 11.7 Å². The van der Waals surface area contributed by atoms with E-state index < -0.39 is 0 Å². The number of ether oxygens (including phenoxy) is 1. The molecule has 1 N–H and O–H groups in total. The number of carbonyl (C=O) groups excluding carboxylic acids is 2. The highest BCUT2D eigenvalue weighted by molar-refractivity contribution is 5.99. The summed E-state index contributed by atoms with van der Waals surface area (Å²) in [6.45, 7) is 3.79. The molecule has 25 heavy (non-hydrogen) atoms. The van der Waals surface area contributed by atoms with Gasteiger partial charge in [0.05, 0.1) is 5.56 Å². The van der Waals surface area contributed by atoms with E-state index in [9.17, 15) is 9.59 Å². The second-order valence-corrected chi connectivity index (χ2v) is 5.69. The lowest BCUT2D eigenvalue weighted by atomic mass is 10.1. The van der Waals surface area contributed by atoms with Crippen molar-refractivity contribution >= 4 is 23.5 Å². The Kier molecular flexibility index (Phi) is 6.96. The van der Waals surface area contributed by atoms with Crippen molar-refractivity contribution < 1.29 is 14.3 Å². The van der Waals surface area contributed by atoms with E-state index in [0.29, 0.717) is 30.0 Å².